The van der Waals surface area contributed by atoms with Gasteiger partial charge in [-0.2, -0.15) is 0 Å². The Morgan fingerprint density at radius 1 is 0.966 bits per heavy atom. The average molecular weight is 395 g/mol. The summed E-state index contributed by atoms with van der Waals surface area (Å²) < 4.78 is 10.1. The van der Waals surface area contributed by atoms with Crippen molar-refractivity contribution in [1.29, 1.82) is 0 Å². The van der Waals surface area contributed by atoms with Crippen molar-refractivity contribution in [2.45, 2.75) is 38.5 Å². The molecule has 1 aliphatic carbocycles. The molecule has 3 rings (SSSR count). The van der Waals surface area contributed by atoms with Gasteiger partial charge in [0, 0.05) is 12.0 Å². The molecule has 29 heavy (non-hydrogen) atoms. The highest BCUT2D eigenvalue weighted by Gasteiger charge is 2.15. The highest BCUT2D eigenvalue weighted by molar-refractivity contribution is 5.98. The van der Waals surface area contributed by atoms with Crippen LogP contribution in [-0.4, -0.2) is 31.4 Å². The molecule has 0 fully saturated rings. The van der Waals surface area contributed by atoms with E-state index in [1.165, 1.54) is 24.7 Å². The lowest BCUT2D eigenvalue weighted by molar-refractivity contribution is -0.147. The summed E-state index contributed by atoms with van der Waals surface area (Å²) in [5.41, 5.74) is 3.68. The summed E-state index contributed by atoms with van der Waals surface area (Å²) in [7, 11) is 1.50. The van der Waals surface area contributed by atoms with Crippen LogP contribution in [0.15, 0.2) is 42.5 Å². The summed E-state index contributed by atoms with van der Waals surface area (Å²) in [6.45, 7) is -0.413. The molecular formula is C23H25NO5. The highest BCUT2D eigenvalue weighted by atomic mass is 16.5. The second-order valence-electron chi connectivity index (χ2n) is 7.02. The molecule has 1 amide bonds. The smallest absolute Gasteiger partial charge is 0.306 e. The Kier molecular flexibility index (Phi) is 7.00. The van der Waals surface area contributed by atoms with Crippen molar-refractivity contribution >= 4 is 23.3 Å². The molecule has 2 aromatic carbocycles. The first kappa shape index (κ1) is 20.6. The molecule has 1 aliphatic rings. The third-order valence-corrected chi connectivity index (χ3v) is 4.97. The van der Waals surface area contributed by atoms with Crippen molar-refractivity contribution in [3.63, 3.8) is 0 Å². The van der Waals surface area contributed by atoms with Crippen LogP contribution in [0.5, 0.6) is 5.75 Å². The Labute approximate surface area is 170 Å². The number of carbonyl (C=O) groups is 3. The van der Waals surface area contributed by atoms with Crippen LogP contribution >= 0.6 is 0 Å². The van der Waals surface area contributed by atoms with E-state index in [4.69, 9.17) is 9.47 Å². The zero-order valence-corrected chi connectivity index (χ0v) is 16.5. The molecule has 0 unspecified atom stereocenters. The minimum Gasteiger partial charge on any atom is -0.495 e. The Morgan fingerprint density at radius 2 is 1.72 bits per heavy atom. The Morgan fingerprint density at radius 3 is 2.52 bits per heavy atom. The van der Waals surface area contributed by atoms with Crippen molar-refractivity contribution in [3.05, 3.63) is 59.2 Å². The molecule has 6 heteroatoms. The molecule has 0 spiro atoms. The zero-order chi connectivity index (χ0) is 20.6. The quantitative estimate of drug-likeness (QED) is 0.544. The van der Waals surface area contributed by atoms with E-state index in [0.29, 0.717) is 17.0 Å². The van der Waals surface area contributed by atoms with E-state index in [1.54, 1.807) is 24.3 Å². The van der Waals surface area contributed by atoms with Gasteiger partial charge in [0.2, 0.25) is 0 Å². The molecule has 0 heterocycles. The van der Waals surface area contributed by atoms with Gasteiger partial charge in [0.05, 0.1) is 19.2 Å². The Balaban J connectivity index is 1.43. The number of ketones is 1. The summed E-state index contributed by atoms with van der Waals surface area (Å²) in [5.74, 6) is -0.619. The van der Waals surface area contributed by atoms with Crippen molar-refractivity contribution < 1.29 is 23.9 Å². The first-order valence-electron chi connectivity index (χ1n) is 9.80. The van der Waals surface area contributed by atoms with E-state index in [9.17, 15) is 14.4 Å². The second-order valence-corrected chi connectivity index (χ2v) is 7.02. The predicted molar refractivity (Wildman–Crippen MR) is 109 cm³/mol. The van der Waals surface area contributed by atoms with Gasteiger partial charge in [0.1, 0.15) is 5.75 Å². The van der Waals surface area contributed by atoms with Crippen LogP contribution in [0.3, 0.4) is 0 Å². The van der Waals surface area contributed by atoms with E-state index < -0.39 is 18.5 Å². The fourth-order valence-electron chi connectivity index (χ4n) is 3.42. The van der Waals surface area contributed by atoms with Gasteiger partial charge in [-0.25, -0.2) is 0 Å². The van der Waals surface area contributed by atoms with Gasteiger partial charge in [0.25, 0.3) is 5.91 Å². The lowest BCUT2D eigenvalue weighted by Gasteiger charge is -2.16. The first-order chi connectivity index (χ1) is 14.1. The van der Waals surface area contributed by atoms with Gasteiger partial charge in [-0.3, -0.25) is 14.4 Å². The monoisotopic (exact) mass is 395 g/mol. The number of aryl methyl sites for hydroxylation is 2. The Bertz CT molecular complexity index is 906. The molecule has 1 N–H and O–H groups in total. The maximum absolute atomic E-state index is 12.4. The third kappa shape index (κ3) is 5.67. The summed E-state index contributed by atoms with van der Waals surface area (Å²) in [4.78, 5) is 36.3. The molecular weight excluding hydrogens is 370 g/mol. The highest BCUT2D eigenvalue weighted by Crippen LogP contribution is 2.24. The number of hydrogen-bond donors (Lipinski definition) is 1. The van der Waals surface area contributed by atoms with Gasteiger partial charge >= 0.3 is 5.97 Å². The molecule has 6 nitrogen and oxygen atoms in total. The molecule has 0 saturated heterocycles. The van der Waals surface area contributed by atoms with Crippen molar-refractivity contribution in [3.8, 4) is 5.75 Å². The number of hydrogen-bond acceptors (Lipinski definition) is 5. The fraction of sp³-hybridized carbons (Fsp3) is 0.348. The standard InChI is InChI=1S/C23H25NO5/c1-28-21-9-5-4-8-19(21)24-22(26)15-29-23(27)13-12-20(25)18-11-10-16-6-2-3-7-17(16)14-18/h4-5,8-11,14H,2-3,6-7,12-13,15H2,1H3,(H,24,26). The molecule has 0 bridgehead atoms. The van der Waals surface area contributed by atoms with Gasteiger partial charge in [-0.05, 0) is 55.0 Å². The minimum atomic E-state index is -0.577. The van der Waals surface area contributed by atoms with Crippen LogP contribution in [-0.2, 0) is 27.2 Å². The van der Waals surface area contributed by atoms with Crippen LogP contribution in [0, 0.1) is 0 Å². The number of amides is 1. The third-order valence-electron chi connectivity index (χ3n) is 4.97. The van der Waals surface area contributed by atoms with E-state index in [-0.39, 0.29) is 18.6 Å². The number of para-hydroxylation sites is 2. The van der Waals surface area contributed by atoms with Crippen LogP contribution < -0.4 is 10.1 Å². The number of rotatable bonds is 8. The fourth-order valence-corrected chi connectivity index (χ4v) is 3.42. The number of Topliss-reactive ketones (excluding diaryl/α,β-unsaturated/α-hetero) is 1. The lowest BCUT2D eigenvalue weighted by Crippen LogP contribution is -2.21. The summed E-state index contributed by atoms with van der Waals surface area (Å²) in [6, 6.07) is 12.7. The molecule has 0 radical (unpaired) electrons. The average Bonchev–Trinajstić information content (AvgIpc) is 2.76. The van der Waals surface area contributed by atoms with Gasteiger partial charge in [0.15, 0.2) is 12.4 Å². The number of esters is 1. The lowest BCUT2D eigenvalue weighted by atomic mass is 9.89. The molecule has 0 aromatic heterocycles. The van der Waals surface area contributed by atoms with Crippen molar-refractivity contribution in [2.75, 3.05) is 19.0 Å². The number of carbonyl (C=O) groups excluding carboxylic acids is 3. The SMILES string of the molecule is COc1ccccc1NC(=O)COC(=O)CCC(=O)c1ccc2c(c1)CCCC2. The van der Waals surface area contributed by atoms with Gasteiger partial charge < -0.3 is 14.8 Å². The number of anilines is 1. The second kappa shape index (κ2) is 9.87. The maximum atomic E-state index is 12.4. The number of benzene rings is 2. The summed E-state index contributed by atoms with van der Waals surface area (Å²) >= 11 is 0. The largest absolute Gasteiger partial charge is 0.495 e. The number of nitrogens with one attached hydrogen (secondary N) is 1. The molecule has 0 saturated carbocycles. The van der Waals surface area contributed by atoms with E-state index in [2.05, 4.69) is 5.32 Å². The zero-order valence-electron chi connectivity index (χ0n) is 16.5. The minimum absolute atomic E-state index is 0.0577. The number of fused-ring (bicyclic) bond motifs is 1. The summed E-state index contributed by atoms with van der Waals surface area (Å²) in [5, 5.41) is 2.63. The van der Waals surface area contributed by atoms with Gasteiger partial charge in [-0.15, -0.1) is 0 Å². The predicted octanol–water partition coefficient (Wildman–Crippen LogP) is 3.72. The van der Waals surface area contributed by atoms with E-state index in [1.807, 2.05) is 18.2 Å². The topological polar surface area (TPSA) is 81.7 Å². The maximum Gasteiger partial charge on any atom is 0.306 e. The molecule has 152 valence electrons. The summed E-state index contributed by atoms with van der Waals surface area (Å²) in [6.07, 6.45) is 4.40. The van der Waals surface area contributed by atoms with Gasteiger partial charge in [-0.1, -0.05) is 24.3 Å². The van der Waals surface area contributed by atoms with E-state index >= 15 is 0 Å². The van der Waals surface area contributed by atoms with Crippen LogP contribution in [0.25, 0.3) is 0 Å². The van der Waals surface area contributed by atoms with Crippen LogP contribution in [0.1, 0.15) is 47.2 Å². The van der Waals surface area contributed by atoms with Crippen LogP contribution in [0.4, 0.5) is 5.69 Å². The first-order valence-corrected chi connectivity index (χ1v) is 9.80. The molecule has 0 atom stereocenters. The number of ether oxygens (including phenoxy) is 2. The van der Waals surface area contributed by atoms with Crippen molar-refractivity contribution in [1.82, 2.24) is 0 Å². The number of methoxy groups -OCH3 is 1. The normalized spacial score (nSPS) is 12.6. The molecule has 0 aliphatic heterocycles. The Hall–Kier alpha value is -3.15. The molecule has 2 aromatic rings. The van der Waals surface area contributed by atoms with Crippen molar-refractivity contribution in [2.24, 2.45) is 0 Å². The van der Waals surface area contributed by atoms with Crippen LogP contribution in [0.2, 0.25) is 0 Å². The van der Waals surface area contributed by atoms with E-state index in [0.717, 1.165) is 19.3 Å².